The fourth-order valence-corrected chi connectivity index (χ4v) is 5.88. The fourth-order valence-electron chi connectivity index (χ4n) is 5.58. The van der Waals surface area contributed by atoms with Crippen LogP contribution in [0.3, 0.4) is 0 Å². The molecule has 2 aromatic carbocycles. The first-order valence-corrected chi connectivity index (χ1v) is 16.4. The number of nitrogens with zero attached hydrogens (tertiary/aromatic N) is 4. The van der Waals surface area contributed by atoms with E-state index in [0.717, 1.165) is 30.9 Å². The number of rotatable bonds is 8. The topological polar surface area (TPSA) is 118 Å². The highest BCUT2D eigenvalue weighted by atomic mass is 35.5. The second-order valence-electron chi connectivity index (χ2n) is 12.1. The van der Waals surface area contributed by atoms with Gasteiger partial charge in [0, 0.05) is 78.5 Å². The summed E-state index contributed by atoms with van der Waals surface area (Å²) in [5, 5.41) is 13.5. The number of halogens is 2. The van der Waals surface area contributed by atoms with Gasteiger partial charge in [0.15, 0.2) is 0 Å². The number of hydrogen-bond donors (Lipinski definition) is 4. The van der Waals surface area contributed by atoms with E-state index in [1.165, 1.54) is 42.9 Å². The minimum absolute atomic E-state index is 0.0133. The SMILES string of the molecule is Clc1cc(Nc2ncc(C3CC3)cn2)ccc1[C@H]1CNCCO1.Fc1cc(Nc2ncc(C3CC3)cn2)ccc1[C@@H]1CNCCO1. The molecular weight excluding hydrogens is 607 g/mol. The highest BCUT2D eigenvalue weighted by Crippen LogP contribution is 2.40. The van der Waals surface area contributed by atoms with E-state index in [2.05, 4.69) is 41.2 Å². The third kappa shape index (κ3) is 7.97. The smallest absolute Gasteiger partial charge is 0.227 e. The molecule has 4 aromatic rings. The molecule has 2 aliphatic heterocycles. The van der Waals surface area contributed by atoms with Gasteiger partial charge in [-0.15, -0.1) is 0 Å². The van der Waals surface area contributed by atoms with E-state index in [1.54, 1.807) is 6.07 Å². The minimum atomic E-state index is -0.279. The van der Waals surface area contributed by atoms with Gasteiger partial charge in [-0.25, -0.2) is 24.3 Å². The normalized spacial score (nSPS) is 21.2. The van der Waals surface area contributed by atoms with E-state index in [9.17, 15) is 4.39 Å². The lowest BCUT2D eigenvalue weighted by molar-refractivity contribution is 0.0255. The van der Waals surface area contributed by atoms with Crippen LogP contribution in [0.4, 0.5) is 27.7 Å². The molecule has 240 valence electrons. The molecule has 0 bridgehead atoms. The van der Waals surface area contributed by atoms with E-state index in [1.807, 2.05) is 49.1 Å². The van der Waals surface area contributed by atoms with Crippen LogP contribution in [-0.4, -0.2) is 59.3 Å². The molecule has 4 aliphatic rings. The summed E-state index contributed by atoms with van der Waals surface area (Å²) in [5.74, 6) is 2.09. The molecule has 12 heteroatoms. The first kappa shape index (κ1) is 30.9. The molecule has 4 heterocycles. The predicted octanol–water partition coefficient (Wildman–Crippen LogP) is 6.31. The maximum Gasteiger partial charge on any atom is 0.227 e. The second kappa shape index (κ2) is 14.4. The number of ether oxygens (including phenoxy) is 2. The van der Waals surface area contributed by atoms with Crippen LogP contribution in [0.25, 0.3) is 0 Å². The van der Waals surface area contributed by atoms with Gasteiger partial charge in [0.05, 0.1) is 25.4 Å². The van der Waals surface area contributed by atoms with E-state index in [-0.39, 0.29) is 18.0 Å². The zero-order chi connectivity index (χ0) is 31.3. The molecule has 0 amide bonds. The third-order valence-electron chi connectivity index (χ3n) is 8.50. The molecule has 2 aromatic heterocycles. The quantitative estimate of drug-likeness (QED) is 0.174. The number of anilines is 4. The van der Waals surface area contributed by atoms with Crippen LogP contribution < -0.4 is 21.3 Å². The standard InChI is InChI=1S/C17H19ClN4O.C17H19FN4O/c2*18-15-7-13(3-4-14(15)16-10-19-5-6-23-16)22-17-20-8-12(9-21-17)11-1-2-11/h2*3-4,7-9,11,16,19H,1-2,5-6,10H2,(H,20,21,22)/t2*16-/m10/s1. The van der Waals surface area contributed by atoms with Crippen LogP contribution in [0.2, 0.25) is 5.02 Å². The third-order valence-corrected chi connectivity index (χ3v) is 8.83. The monoisotopic (exact) mass is 644 g/mol. The van der Waals surface area contributed by atoms with Crippen molar-refractivity contribution in [1.29, 1.82) is 0 Å². The van der Waals surface area contributed by atoms with Crippen LogP contribution in [0.1, 0.15) is 72.0 Å². The summed E-state index contributed by atoms with van der Waals surface area (Å²) in [4.78, 5) is 17.3. The van der Waals surface area contributed by atoms with Gasteiger partial charge in [0.25, 0.3) is 0 Å². The molecule has 2 atom stereocenters. The van der Waals surface area contributed by atoms with Crippen molar-refractivity contribution >= 4 is 34.9 Å². The average Bonchev–Trinajstić information content (AvgIpc) is 4.02. The highest BCUT2D eigenvalue weighted by Gasteiger charge is 2.25. The number of benzene rings is 2. The van der Waals surface area contributed by atoms with Gasteiger partial charge < -0.3 is 30.7 Å². The van der Waals surface area contributed by atoms with Crippen molar-refractivity contribution in [1.82, 2.24) is 30.6 Å². The molecule has 2 saturated carbocycles. The van der Waals surface area contributed by atoms with Gasteiger partial charge in [0.2, 0.25) is 11.9 Å². The van der Waals surface area contributed by atoms with Gasteiger partial charge in [-0.1, -0.05) is 23.7 Å². The fraction of sp³-hybridized carbons (Fsp3) is 0.412. The first-order valence-electron chi connectivity index (χ1n) is 16.0. The molecule has 2 aliphatic carbocycles. The Bertz CT molecular complexity index is 1490. The van der Waals surface area contributed by atoms with Crippen LogP contribution in [0, 0.1) is 5.82 Å². The van der Waals surface area contributed by atoms with Gasteiger partial charge in [-0.05, 0) is 72.9 Å². The van der Waals surface area contributed by atoms with Crippen molar-refractivity contribution in [2.24, 2.45) is 0 Å². The summed E-state index contributed by atoms with van der Waals surface area (Å²) in [6.07, 6.45) is 12.2. The Morgan fingerprint density at radius 1 is 0.674 bits per heavy atom. The van der Waals surface area contributed by atoms with Gasteiger partial charge >= 0.3 is 0 Å². The zero-order valence-corrected chi connectivity index (χ0v) is 26.3. The van der Waals surface area contributed by atoms with Crippen molar-refractivity contribution in [2.45, 2.75) is 49.7 Å². The summed E-state index contributed by atoms with van der Waals surface area (Å²) in [6, 6.07) is 10.9. The van der Waals surface area contributed by atoms with Crippen molar-refractivity contribution in [3.05, 3.63) is 94.3 Å². The Hall–Kier alpha value is -3.74. The van der Waals surface area contributed by atoms with Crippen molar-refractivity contribution in [2.75, 3.05) is 50.0 Å². The Labute approximate surface area is 272 Å². The lowest BCUT2D eigenvalue weighted by Crippen LogP contribution is -2.33. The van der Waals surface area contributed by atoms with Gasteiger partial charge in [0.1, 0.15) is 5.82 Å². The van der Waals surface area contributed by atoms with Crippen LogP contribution in [-0.2, 0) is 9.47 Å². The van der Waals surface area contributed by atoms with Crippen LogP contribution in [0.5, 0.6) is 0 Å². The first-order chi connectivity index (χ1) is 22.6. The van der Waals surface area contributed by atoms with Gasteiger partial charge in [-0.3, -0.25) is 0 Å². The predicted molar refractivity (Wildman–Crippen MR) is 176 cm³/mol. The Morgan fingerprint density at radius 2 is 1.15 bits per heavy atom. The molecule has 4 N–H and O–H groups in total. The maximum atomic E-state index is 14.3. The largest absolute Gasteiger partial charge is 0.371 e. The minimum Gasteiger partial charge on any atom is -0.371 e. The van der Waals surface area contributed by atoms with Gasteiger partial charge in [-0.2, -0.15) is 0 Å². The van der Waals surface area contributed by atoms with E-state index < -0.39 is 0 Å². The molecule has 0 unspecified atom stereocenters. The molecule has 4 fully saturated rings. The summed E-state index contributed by atoms with van der Waals surface area (Å²) in [6.45, 7) is 4.44. The average molecular weight is 645 g/mol. The summed E-state index contributed by atoms with van der Waals surface area (Å²) < 4.78 is 25.7. The van der Waals surface area contributed by atoms with E-state index in [0.29, 0.717) is 59.8 Å². The number of aromatic nitrogens is 4. The molecule has 0 spiro atoms. The lowest BCUT2D eigenvalue weighted by atomic mass is 10.1. The van der Waals surface area contributed by atoms with Crippen molar-refractivity contribution in [3.8, 4) is 0 Å². The zero-order valence-electron chi connectivity index (χ0n) is 25.5. The summed E-state index contributed by atoms with van der Waals surface area (Å²) in [5.41, 5.74) is 5.50. The van der Waals surface area contributed by atoms with Crippen molar-refractivity contribution in [3.63, 3.8) is 0 Å². The Morgan fingerprint density at radius 3 is 1.59 bits per heavy atom. The number of nitrogens with one attached hydrogen (secondary N) is 4. The van der Waals surface area contributed by atoms with E-state index in [4.69, 9.17) is 21.1 Å². The Balaban J connectivity index is 0.000000147. The van der Waals surface area contributed by atoms with Crippen molar-refractivity contribution < 1.29 is 13.9 Å². The highest BCUT2D eigenvalue weighted by molar-refractivity contribution is 6.31. The number of hydrogen-bond acceptors (Lipinski definition) is 10. The number of morpholine rings is 2. The molecule has 46 heavy (non-hydrogen) atoms. The maximum absolute atomic E-state index is 14.3. The molecule has 2 saturated heterocycles. The molecule has 8 rings (SSSR count). The van der Waals surface area contributed by atoms with E-state index >= 15 is 0 Å². The van der Waals surface area contributed by atoms with Crippen LogP contribution in [0.15, 0.2) is 61.2 Å². The Kier molecular flexibility index (Phi) is 9.64. The second-order valence-corrected chi connectivity index (χ2v) is 12.5. The van der Waals surface area contributed by atoms with Crippen LogP contribution >= 0.6 is 11.6 Å². The molecular formula is C34H38ClFN8O2. The lowest BCUT2D eigenvalue weighted by Gasteiger charge is -2.25. The molecule has 0 radical (unpaired) electrons. The summed E-state index contributed by atoms with van der Waals surface area (Å²) >= 11 is 6.42. The summed E-state index contributed by atoms with van der Waals surface area (Å²) in [7, 11) is 0. The molecule has 10 nitrogen and oxygen atoms in total.